The fraction of sp³-hybridized carbons (Fsp3) is 0.333. The van der Waals surface area contributed by atoms with Gasteiger partial charge in [-0.15, -0.1) is 0 Å². The van der Waals surface area contributed by atoms with E-state index in [9.17, 15) is 0 Å². The van der Waals surface area contributed by atoms with Crippen molar-refractivity contribution in [2.45, 2.75) is 13.3 Å². The van der Waals surface area contributed by atoms with Crippen molar-refractivity contribution in [3.63, 3.8) is 0 Å². The van der Waals surface area contributed by atoms with Crippen molar-refractivity contribution in [2.24, 2.45) is 0 Å². The molecule has 0 spiro atoms. The van der Waals surface area contributed by atoms with Crippen LogP contribution < -0.4 is 0 Å². The SMILES string of the molecule is CCOCC1=Cc2ccccc2C1. The predicted octanol–water partition coefficient (Wildman–Crippen LogP) is 2.66. The monoisotopic (exact) mass is 174 g/mol. The van der Waals surface area contributed by atoms with Crippen molar-refractivity contribution in [1.29, 1.82) is 0 Å². The Morgan fingerprint density at radius 2 is 2.15 bits per heavy atom. The summed E-state index contributed by atoms with van der Waals surface area (Å²) in [7, 11) is 0. The van der Waals surface area contributed by atoms with Gasteiger partial charge in [0.15, 0.2) is 0 Å². The average molecular weight is 174 g/mol. The van der Waals surface area contributed by atoms with E-state index >= 15 is 0 Å². The van der Waals surface area contributed by atoms with Crippen molar-refractivity contribution in [3.05, 3.63) is 41.0 Å². The van der Waals surface area contributed by atoms with Gasteiger partial charge in [0.2, 0.25) is 0 Å². The van der Waals surface area contributed by atoms with E-state index in [-0.39, 0.29) is 0 Å². The highest BCUT2D eigenvalue weighted by Gasteiger charge is 2.10. The number of ether oxygens (including phenoxy) is 1. The Bertz CT molecular complexity index is 326. The zero-order valence-corrected chi connectivity index (χ0v) is 7.92. The van der Waals surface area contributed by atoms with Gasteiger partial charge in [0.25, 0.3) is 0 Å². The summed E-state index contributed by atoms with van der Waals surface area (Å²) in [6.45, 7) is 3.61. The van der Waals surface area contributed by atoms with Gasteiger partial charge in [0, 0.05) is 6.61 Å². The van der Waals surface area contributed by atoms with E-state index in [1.807, 2.05) is 6.92 Å². The number of benzene rings is 1. The highest BCUT2D eigenvalue weighted by atomic mass is 16.5. The second-order valence-electron chi connectivity index (χ2n) is 3.32. The zero-order chi connectivity index (χ0) is 9.10. The van der Waals surface area contributed by atoms with Crippen LogP contribution in [-0.4, -0.2) is 13.2 Å². The largest absolute Gasteiger partial charge is 0.377 e. The lowest BCUT2D eigenvalue weighted by molar-refractivity contribution is 0.170. The Balaban J connectivity index is 2.08. The molecule has 1 aliphatic carbocycles. The number of hydrogen-bond donors (Lipinski definition) is 0. The topological polar surface area (TPSA) is 9.23 Å². The lowest BCUT2D eigenvalue weighted by Gasteiger charge is -2.00. The fourth-order valence-corrected chi connectivity index (χ4v) is 1.68. The molecule has 2 rings (SSSR count). The van der Waals surface area contributed by atoms with Crippen LogP contribution in [0.5, 0.6) is 0 Å². The maximum absolute atomic E-state index is 5.38. The zero-order valence-electron chi connectivity index (χ0n) is 7.92. The molecule has 0 aliphatic heterocycles. The molecule has 68 valence electrons. The van der Waals surface area contributed by atoms with E-state index in [0.29, 0.717) is 0 Å². The second kappa shape index (κ2) is 3.75. The average Bonchev–Trinajstić information content (AvgIpc) is 2.57. The minimum atomic E-state index is 0.783. The molecule has 1 nitrogen and oxygen atoms in total. The molecule has 1 aliphatic rings. The second-order valence-corrected chi connectivity index (χ2v) is 3.32. The van der Waals surface area contributed by atoms with E-state index in [1.54, 1.807) is 0 Å². The van der Waals surface area contributed by atoms with Gasteiger partial charge in [-0.1, -0.05) is 30.3 Å². The van der Waals surface area contributed by atoms with Crippen molar-refractivity contribution in [3.8, 4) is 0 Å². The summed E-state index contributed by atoms with van der Waals surface area (Å²) in [5.74, 6) is 0. The van der Waals surface area contributed by atoms with Crippen LogP contribution in [0, 0.1) is 0 Å². The molecular weight excluding hydrogens is 160 g/mol. The summed E-state index contributed by atoms with van der Waals surface area (Å²) in [6, 6.07) is 8.52. The van der Waals surface area contributed by atoms with Crippen LogP contribution >= 0.6 is 0 Å². The molecule has 1 aromatic rings. The first-order chi connectivity index (χ1) is 6.40. The van der Waals surface area contributed by atoms with Crippen molar-refractivity contribution in [1.82, 2.24) is 0 Å². The lowest BCUT2D eigenvalue weighted by Crippen LogP contribution is -1.97. The lowest BCUT2D eigenvalue weighted by atomic mass is 10.1. The van der Waals surface area contributed by atoms with Crippen LogP contribution in [0.25, 0.3) is 6.08 Å². The summed E-state index contributed by atoms with van der Waals surface area (Å²) in [6.07, 6.45) is 3.31. The predicted molar refractivity (Wildman–Crippen MR) is 54.6 cm³/mol. The van der Waals surface area contributed by atoms with Crippen molar-refractivity contribution in [2.75, 3.05) is 13.2 Å². The molecular formula is C12H14O. The number of hydrogen-bond acceptors (Lipinski definition) is 1. The molecule has 0 unspecified atom stereocenters. The summed E-state index contributed by atoms with van der Waals surface area (Å²) in [5.41, 5.74) is 4.18. The first kappa shape index (κ1) is 8.52. The van der Waals surface area contributed by atoms with Crippen molar-refractivity contribution >= 4 is 6.08 Å². The van der Waals surface area contributed by atoms with Crippen molar-refractivity contribution < 1.29 is 4.74 Å². The third kappa shape index (κ3) is 1.81. The van der Waals surface area contributed by atoms with Gasteiger partial charge in [-0.05, 0) is 30.0 Å². The Morgan fingerprint density at radius 3 is 2.92 bits per heavy atom. The third-order valence-corrected chi connectivity index (χ3v) is 2.32. The standard InChI is InChI=1S/C12H14O/c1-2-13-9-10-7-11-5-3-4-6-12(11)8-10/h3-7H,2,8-9H2,1H3. The van der Waals surface area contributed by atoms with Crippen LogP contribution in [-0.2, 0) is 11.2 Å². The van der Waals surface area contributed by atoms with E-state index in [2.05, 4.69) is 30.3 Å². The number of fused-ring (bicyclic) bond motifs is 1. The highest BCUT2D eigenvalue weighted by molar-refractivity contribution is 5.63. The van der Waals surface area contributed by atoms with Gasteiger partial charge in [-0.3, -0.25) is 0 Å². The Morgan fingerprint density at radius 1 is 1.31 bits per heavy atom. The number of rotatable bonds is 3. The molecule has 0 saturated carbocycles. The Kier molecular flexibility index (Phi) is 2.46. The summed E-state index contributed by atoms with van der Waals surface area (Å²) >= 11 is 0. The summed E-state index contributed by atoms with van der Waals surface area (Å²) in [5, 5.41) is 0. The normalized spacial score (nSPS) is 14.1. The molecule has 0 amide bonds. The van der Waals surface area contributed by atoms with E-state index in [0.717, 1.165) is 19.6 Å². The molecule has 13 heavy (non-hydrogen) atoms. The van der Waals surface area contributed by atoms with E-state index < -0.39 is 0 Å². The molecule has 0 heterocycles. The molecule has 1 heteroatoms. The first-order valence-corrected chi connectivity index (χ1v) is 4.75. The molecule has 0 bridgehead atoms. The highest BCUT2D eigenvalue weighted by Crippen LogP contribution is 2.24. The summed E-state index contributed by atoms with van der Waals surface area (Å²) in [4.78, 5) is 0. The van der Waals surface area contributed by atoms with Gasteiger partial charge < -0.3 is 4.74 Å². The Labute approximate surface area is 79.0 Å². The van der Waals surface area contributed by atoms with Crippen LogP contribution in [0.2, 0.25) is 0 Å². The van der Waals surface area contributed by atoms with Crippen LogP contribution in [0.4, 0.5) is 0 Å². The smallest absolute Gasteiger partial charge is 0.0683 e. The minimum absolute atomic E-state index is 0.783. The molecule has 0 radical (unpaired) electrons. The first-order valence-electron chi connectivity index (χ1n) is 4.75. The Hall–Kier alpha value is -1.08. The van der Waals surface area contributed by atoms with Crippen LogP contribution in [0.1, 0.15) is 18.1 Å². The van der Waals surface area contributed by atoms with Crippen LogP contribution in [0.3, 0.4) is 0 Å². The van der Waals surface area contributed by atoms with Gasteiger partial charge in [-0.2, -0.15) is 0 Å². The van der Waals surface area contributed by atoms with E-state index in [1.165, 1.54) is 16.7 Å². The van der Waals surface area contributed by atoms with Crippen LogP contribution in [0.15, 0.2) is 29.8 Å². The molecule has 0 aromatic heterocycles. The van der Waals surface area contributed by atoms with Gasteiger partial charge in [0.1, 0.15) is 0 Å². The summed E-state index contributed by atoms with van der Waals surface area (Å²) < 4.78 is 5.38. The molecule has 1 aromatic carbocycles. The van der Waals surface area contributed by atoms with Gasteiger partial charge in [-0.25, -0.2) is 0 Å². The maximum Gasteiger partial charge on any atom is 0.0683 e. The molecule has 0 atom stereocenters. The minimum Gasteiger partial charge on any atom is -0.377 e. The maximum atomic E-state index is 5.38. The van der Waals surface area contributed by atoms with E-state index in [4.69, 9.17) is 4.74 Å². The van der Waals surface area contributed by atoms with Gasteiger partial charge in [0.05, 0.1) is 6.61 Å². The van der Waals surface area contributed by atoms with Gasteiger partial charge >= 0.3 is 0 Å². The molecule has 0 saturated heterocycles. The quantitative estimate of drug-likeness (QED) is 0.684. The third-order valence-electron chi connectivity index (χ3n) is 2.32. The molecule has 0 N–H and O–H groups in total. The fourth-order valence-electron chi connectivity index (χ4n) is 1.68. The molecule has 0 fully saturated rings.